The van der Waals surface area contributed by atoms with E-state index in [1.165, 1.54) is 0 Å². The molecule has 19 heavy (non-hydrogen) atoms. The van der Waals surface area contributed by atoms with Gasteiger partial charge in [-0.15, -0.1) is 0 Å². The second kappa shape index (κ2) is 5.30. The summed E-state index contributed by atoms with van der Waals surface area (Å²) in [4.78, 5) is 18.1. The third-order valence-corrected chi connectivity index (χ3v) is 3.10. The highest BCUT2D eigenvalue weighted by atomic mass is 16.3. The van der Waals surface area contributed by atoms with Gasteiger partial charge < -0.3 is 19.9 Å². The standard InChI is InChI=1S/C13H22N4O2/c1-13(19,9-16(2)3)8-15-11-12(18)17(7-6-14-11)10-4-5-10/h6-7,10,19H,4-5,8-9H2,1-3H3,(H,14,15). The first-order valence-electron chi connectivity index (χ1n) is 6.57. The zero-order chi connectivity index (χ0) is 14.0. The molecule has 0 saturated heterocycles. The summed E-state index contributed by atoms with van der Waals surface area (Å²) in [6.45, 7) is 2.55. The van der Waals surface area contributed by atoms with Crippen LogP contribution in [0.25, 0.3) is 0 Å². The lowest BCUT2D eigenvalue weighted by Gasteiger charge is -2.27. The first-order chi connectivity index (χ1) is 8.89. The van der Waals surface area contributed by atoms with Gasteiger partial charge in [0.1, 0.15) is 0 Å². The summed E-state index contributed by atoms with van der Waals surface area (Å²) < 4.78 is 1.72. The lowest BCUT2D eigenvalue weighted by Crippen LogP contribution is -2.43. The Morgan fingerprint density at radius 3 is 2.84 bits per heavy atom. The predicted molar refractivity (Wildman–Crippen MR) is 74.4 cm³/mol. The van der Waals surface area contributed by atoms with Crippen LogP contribution in [0.5, 0.6) is 0 Å². The molecule has 1 fully saturated rings. The van der Waals surface area contributed by atoms with Crippen molar-refractivity contribution >= 4 is 5.82 Å². The fourth-order valence-electron chi connectivity index (χ4n) is 2.20. The van der Waals surface area contributed by atoms with Crippen LogP contribution in [0.2, 0.25) is 0 Å². The molecule has 6 heteroatoms. The molecule has 1 aliphatic rings. The molecule has 6 nitrogen and oxygen atoms in total. The molecule has 1 unspecified atom stereocenters. The van der Waals surface area contributed by atoms with E-state index in [0.29, 0.717) is 24.9 Å². The Hall–Kier alpha value is -1.40. The summed E-state index contributed by atoms with van der Waals surface area (Å²) in [6.07, 6.45) is 5.47. The van der Waals surface area contributed by atoms with Gasteiger partial charge in [-0.2, -0.15) is 0 Å². The SMILES string of the molecule is CN(C)CC(C)(O)CNc1nccn(C2CC2)c1=O. The maximum absolute atomic E-state index is 12.1. The summed E-state index contributed by atoms with van der Waals surface area (Å²) in [5.41, 5.74) is -1.01. The quantitative estimate of drug-likeness (QED) is 0.775. The molecule has 1 saturated carbocycles. The first-order valence-corrected chi connectivity index (χ1v) is 6.57. The smallest absolute Gasteiger partial charge is 0.293 e. The number of hydrogen-bond donors (Lipinski definition) is 2. The molecule has 0 spiro atoms. The van der Waals surface area contributed by atoms with E-state index < -0.39 is 5.60 Å². The fraction of sp³-hybridized carbons (Fsp3) is 0.692. The van der Waals surface area contributed by atoms with Gasteiger partial charge in [0.25, 0.3) is 5.56 Å². The molecule has 2 N–H and O–H groups in total. The van der Waals surface area contributed by atoms with Gasteiger partial charge >= 0.3 is 0 Å². The lowest BCUT2D eigenvalue weighted by molar-refractivity contribution is 0.0459. The van der Waals surface area contributed by atoms with Gasteiger partial charge in [-0.05, 0) is 33.9 Å². The molecular formula is C13H22N4O2. The molecule has 0 aromatic carbocycles. The Bertz CT molecular complexity index is 492. The zero-order valence-corrected chi connectivity index (χ0v) is 11.8. The maximum atomic E-state index is 12.1. The van der Waals surface area contributed by atoms with E-state index in [1.807, 2.05) is 19.0 Å². The van der Waals surface area contributed by atoms with Crippen LogP contribution < -0.4 is 10.9 Å². The topological polar surface area (TPSA) is 70.4 Å². The number of nitrogens with zero attached hydrogens (tertiary/aromatic N) is 3. The molecule has 106 valence electrons. The highest BCUT2D eigenvalue weighted by Gasteiger charge is 2.26. The molecule has 1 atom stereocenters. The van der Waals surface area contributed by atoms with Crippen molar-refractivity contribution < 1.29 is 5.11 Å². The Morgan fingerprint density at radius 1 is 1.58 bits per heavy atom. The summed E-state index contributed by atoms with van der Waals surface area (Å²) in [5.74, 6) is 0.313. The van der Waals surface area contributed by atoms with Crippen LogP contribution in [-0.4, -0.2) is 52.3 Å². The van der Waals surface area contributed by atoms with Gasteiger partial charge in [0.15, 0.2) is 5.82 Å². The van der Waals surface area contributed by atoms with E-state index in [1.54, 1.807) is 23.9 Å². The summed E-state index contributed by atoms with van der Waals surface area (Å²) >= 11 is 0. The van der Waals surface area contributed by atoms with Crippen LogP contribution in [0.3, 0.4) is 0 Å². The second-order valence-electron chi connectivity index (χ2n) is 5.81. The Kier molecular flexibility index (Phi) is 3.91. The van der Waals surface area contributed by atoms with Crippen LogP contribution >= 0.6 is 0 Å². The van der Waals surface area contributed by atoms with E-state index >= 15 is 0 Å². The van der Waals surface area contributed by atoms with Crippen LogP contribution in [-0.2, 0) is 0 Å². The Balaban J connectivity index is 2.03. The van der Waals surface area contributed by atoms with Crippen LogP contribution in [0.1, 0.15) is 25.8 Å². The predicted octanol–water partition coefficient (Wildman–Crippen LogP) is 0.303. The molecule has 1 aliphatic carbocycles. The van der Waals surface area contributed by atoms with Gasteiger partial charge in [-0.25, -0.2) is 4.98 Å². The molecule has 0 bridgehead atoms. The Labute approximate surface area is 113 Å². The van der Waals surface area contributed by atoms with Gasteiger partial charge in [-0.3, -0.25) is 4.79 Å². The third kappa shape index (κ3) is 3.78. The molecule has 0 radical (unpaired) electrons. The largest absolute Gasteiger partial charge is 0.387 e. The number of likely N-dealkylation sites (N-methyl/N-ethyl adjacent to an activating group) is 1. The van der Waals surface area contributed by atoms with E-state index in [9.17, 15) is 9.90 Å². The average Bonchev–Trinajstić information content (AvgIpc) is 3.10. The number of aromatic nitrogens is 2. The van der Waals surface area contributed by atoms with Crippen molar-refractivity contribution in [2.45, 2.75) is 31.4 Å². The molecule has 1 aromatic rings. The van der Waals surface area contributed by atoms with Gasteiger partial charge in [-0.1, -0.05) is 0 Å². The molecule has 1 aromatic heterocycles. The summed E-state index contributed by atoms with van der Waals surface area (Å²) in [6, 6.07) is 0.332. The van der Waals surface area contributed by atoms with E-state index in [0.717, 1.165) is 12.8 Å². The van der Waals surface area contributed by atoms with Crippen molar-refractivity contribution in [2.75, 3.05) is 32.5 Å². The van der Waals surface area contributed by atoms with E-state index in [4.69, 9.17) is 0 Å². The first kappa shape index (κ1) is 14.0. The van der Waals surface area contributed by atoms with Crippen molar-refractivity contribution in [3.05, 3.63) is 22.7 Å². The minimum Gasteiger partial charge on any atom is -0.387 e. The normalized spacial score (nSPS) is 18.4. The van der Waals surface area contributed by atoms with Gasteiger partial charge in [0.2, 0.25) is 0 Å². The molecule has 1 heterocycles. The molecule has 0 aliphatic heterocycles. The summed E-state index contributed by atoms with van der Waals surface area (Å²) in [5, 5.41) is 13.1. The van der Waals surface area contributed by atoms with Crippen LogP contribution in [0.15, 0.2) is 17.2 Å². The van der Waals surface area contributed by atoms with Crippen molar-refractivity contribution in [3.8, 4) is 0 Å². The summed E-state index contributed by atoms with van der Waals surface area (Å²) in [7, 11) is 3.80. The number of rotatable bonds is 6. The number of hydrogen-bond acceptors (Lipinski definition) is 5. The molecule has 2 rings (SSSR count). The molecule has 0 amide bonds. The Morgan fingerprint density at radius 2 is 2.26 bits per heavy atom. The van der Waals surface area contributed by atoms with Crippen LogP contribution in [0.4, 0.5) is 5.82 Å². The van der Waals surface area contributed by atoms with Gasteiger partial charge in [0, 0.05) is 31.5 Å². The van der Waals surface area contributed by atoms with E-state index in [-0.39, 0.29) is 5.56 Å². The highest BCUT2D eigenvalue weighted by Crippen LogP contribution is 2.33. The minimum absolute atomic E-state index is 0.106. The number of nitrogens with one attached hydrogen (secondary N) is 1. The van der Waals surface area contributed by atoms with Gasteiger partial charge in [0.05, 0.1) is 5.60 Å². The highest BCUT2D eigenvalue weighted by molar-refractivity contribution is 5.31. The fourth-order valence-corrected chi connectivity index (χ4v) is 2.20. The third-order valence-electron chi connectivity index (χ3n) is 3.10. The number of anilines is 1. The zero-order valence-electron chi connectivity index (χ0n) is 11.8. The second-order valence-corrected chi connectivity index (χ2v) is 5.81. The van der Waals surface area contributed by atoms with Crippen LogP contribution in [0, 0.1) is 0 Å². The monoisotopic (exact) mass is 266 g/mol. The van der Waals surface area contributed by atoms with Crippen molar-refractivity contribution in [2.24, 2.45) is 0 Å². The van der Waals surface area contributed by atoms with E-state index in [2.05, 4.69) is 10.3 Å². The minimum atomic E-state index is -0.905. The molecular weight excluding hydrogens is 244 g/mol. The lowest BCUT2D eigenvalue weighted by atomic mass is 10.1. The van der Waals surface area contributed by atoms with Crippen molar-refractivity contribution in [1.82, 2.24) is 14.5 Å². The average molecular weight is 266 g/mol. The number of aliphatic hydroxyl groups is 1. The van der Waals surface area contributed by atoms with Crippen molar-refractivity contribution in [1.29, 1.82) is 0 Å². The maximum Gasteiger partial charge on any atom is 0.293 e. The van der Waals surface area contributed by atoms with Crippen molar-refractivity contribution in [3.63, 3.8) is 0 Å².